The highest BCUT2D eigenvalue weighted by Crippen LogP contribution is 2.22. The van der Waals surface area contributed by atoms with Crippen LogP contribution in [0, 0.1) is 12.7 Å². The van der Waals surface area contributed by atoms with Gasteiger partial charge < -0.3 is 4.90 Å². The van der Waals surface area contributed by atoms with Crippen molar-refractivity contribution in [1.82, 2.24) is 9.29 Å². The Morgan fingerprint density at radius 3 is 2.50 bits per heavy atom. The van der Waals surface area contributed by atoms with Crippen molar-refractivity contribution < 1.29 is 12.8 Å². The summed E-state index contributed by atoms with van der Waals surface area (Å²) in [6.07, 6.45) is 4.29. The van der Waals surface area contributed by atoms with Crippen molar-refractivity contribution in [1.29, 1.82) is 0 Å². The summed E-state index contributed by atoms with van der Waals surface area (Å²) < 4.78 is 40.5. The van der Waals surface area contributed by atoms with E-state index in [9.17, 15) is 12.8 Å². The number of benzene rings is 1. The largest absolute Gasteiger partial charge is 0.355 e. The van der Waals surface area contributed by atoms with Crippen LogP contribution in [0.4, 0.5) is 10.2 Å². The summed E-state index contributed by atoms with van der Waals surface area (Å²) in [5.41, 5.74) is 1.45. The summed E-state index contributed by atoms with van der Waals surface area (Å²) in [5.74, 6) is 0.412. The molecule has 0 N–H and O–H groups in total. The Morgan fingerprint density at radius 1 is 1.15 bits per heavy atom. The van der Waals surface area contributed by atoms with Gasteiger partial charge in [-0.1, -0.05) is 18.6 Å². The van der Waals surface area contributed by atoms with E-state index in [0.717, 1.165) is 24.8 Å². The number of aryl methyl sites for hydroxylation is 1. The van der Waals surface area contributed by atoms with E-state index in [1.807, 2.05) is 18.0 Å². The van der Waals surface area contributed by atoms with Gasteiger partial charge in [-0.2, -0.15) is 4.31 Å². The summed E-state index contributed by atoms with van der Waals surface area (Å²) in [4.78, 5) is 6.39. The third-order valence-electron chi connectivity index (χ3n) is 4.72. The van der Waals surface area contributed by atoms with Crippen LogP contribution in [0.3, 0.4) is 0 Å². The van der Waals surface area contributed by atoms with Crippen molar-refractivity contribution in [3.8, 4) is 0 Å². The van der Waals surface area contributed by atoms with E-state index in [0.29, 0.717) is 31.0 Å². The molecular weight excluding hydrogens is 353 g/mol. The molecule has 1 fully saturated rings. The molecule has 3 rings (SSSR count). The Bertz CT molecular complexity index is 863. The van der Waals surface area contributed by atoms with Crippen LogP contribution in [0.2, 0.25) is 0 Å². The first-order chi connectivity index (χ1) is 12.4. The van der Waals surface area contributed by atoms with Gasteiger partial charge in [-0.3, -0.25) is 0 Å². The first-order valence-corrected chi connectivity index (χ1v) is 10.2. The fourth-order valence-electron chi connectivity index (χ4n) is 3.09. The molecule has 0 atom stereocenters. The smallest absolute Gasteiger partial charge is 0.244 e. The maximum atomic E-state index is 13.7. The molecule has 0 saturated carbocycles. The summed E-state index contributed by atoms with van der Waals surface area (Å²) in [6.45, 7) is 3.36. The van der Waals surface area contributed by atoms with Gasteiger partial charge in [0.1, 0.15) is 16.5 Å². The fourth-order valence-corrected chi connectivity index (χ4v) is 4.56. The van der Waals surface area contributed by atoms with E-state index < -0.39 is 10.0 Å². The number of pyridine rings is 1. The molecule has 1 saturated heterocycles. The average Bonchev–Trinajstić information content (AvgIpc) is 2.65. The predicted molar refractivity (Wildman–Crippen MR) is 100 cm³/mol. The lowest BCUT2D eigenvalue weighted by atomic mass is 10.1. The van der Waals surface area contributed by atoms with Gasteiger partial charge in [0.25, 0.3) is 0 Å². The van der Waals surface area contributed by atoms with Gasteiger partial charge in [0.2, 0.25) is 10.0 Å². The molecule has 1 aromatic carbocycles. The van der Waals surface area contributed by atoms with Gasteiger partial charge in [0.05, 0.1) is 0 Å². The van der Waals surface area contributed by atoms with E-state index in [2.05, 4.69) is 4.98 Å². The minimum absolute atomic E-state index is 0.220. The monoisotopic (exact) mass is 377 g/mol. The molecule has 2 heterocycles. The molecule has 1 aromatic heterocycles. The second-order valence-electron chi connectivity index (χ2n) is 6.76. The van der Waals surface area contributed by atoms with Crippen LogP contribution >= 0.6 is 0 Å². The van der Waals surface area contributed by atoms with E-state index >= 15 is 0 Å². The zero-order valence-corrected chi connectivity index (χ0v) is 16.0. The van der Waals surface area contributed by atoms with Crippen LogP contribution in [0.25, 0.3) is 0 Å². The predicted octanol–water partition coefficient (Wildman–Crippen LogP) is 3.34. The third kappa shape index (κ3) is 4.04. The molecule has 1 aliphatic rings. The molecule has 26 heavy (non-hydrogen) atoms. The van der Waals surface area contributed by atoms with E-state index in [4.69, 9.17) is 0 Å². The van der Waals surface area contributed by atoms with Gasteiger partial charge in [-0.25, -0.2) is 17.8 Å². The zero-order valence-electron chi connectivity index (χ0n) is 15.2. The van der Waals surface area contributed by atoms with Crippen molar-refractivity contribution in [2.75, 3.05) is 25.0 Å². The standard InChI is InChI=1S/C19H24FN3O2S/c1-15-6-7-16(12-18(15)20)14-22(2)19-9-8-17(13-21-19)26(24,25)23-10-4-3-5-11-23/h6-9,12-13H,3-5,10-11,14H2,1-2H3. The quantitative estimate of drug-likeness (QED) is 0.802. The van der Waals surface area contributed by atoms with Crippen molar-refractivity contribution in [3.05, 3.63) is 53.5 Å². The van der Waals surface area contributed by atoms with Gasteiger partial charge in [-0.15, -0.1) is 0 Å². The van der Waals surface area contributed by atoms with Gasteiger partial charge in [0, 0.05) is 32.9 Å². The maximum Gasteiger partial charge on any atom is 0.244 e. The molecule has 0 radical (unpaired) electrons. The van der Waals surface area contributed by atoms with Crippen molar-refractivity contribution in [2.45, 2.75) is 37.6 Å². The Kier molecular flexibility index (Phi) is 5.58. The van der Waals surface area contributed by atoms with E-state index in [-0.39, 0.29) is 10.7 Å². The fraction of sp³-hybridized carbons (Fsp3) is 0.421. The summed E-state index contributed by atoms with van der Waals surface area (Å²) >= 11 is 0. The van der Waals surface area contributed by atoms with Crippen LogP contribution in [0.1, 0.15) is 30.4 Å². The highest BCUT2D eigenvalue weighted by Gasteiger charge is 2.26. The van der Waals surface area contributed by atoms with Gasteiger partial charge >= 0.3 is 0 Å². The summed E-state index contributed by atoms with van der Waals surface area (Å²) in [7, 11) is -1.62. The average molecular weight is 377 g/mol. The van der Waals surface area contributed by atoms with Crippen LogP contribution in [-0.2, 0) is 16.6 Å². The highest BCUT2D eigenvalue weighted by molar-refractivity contribution is 7.89. The molecule has 0 aliphatic carbocycles. The highest BCUT2D eigenvalue weighted by atomic mass is 32.2. The normalized spacial score (nSPS) is 15.8. The molecule has 0 bridgehead atoms. The minimum atomic E-state index is -3.47. The summed E-state index contributed by atoms with van der Waals surface area (Å²) in [6, 6.07) is 8.44. The first-order valence-electron chi connectivity index (χ1n) is 8.80. The number of aromatic nitrogens is 1. The molecule has 2 aromatic rings. The second kappa shape index (κ2) is 7.72. The third-order valence-corrected chi connectivity index (χ3v) is 6.60. The van der Waals surface area contributed by atoms with Crippen LogP contribution in [-0.4, -0.2) is 37.8 Å². The summed E-state index contributed by atoms with van der Waals surface area (Å²) in [5, 5.41) is 0. The topological polar surface area (TPSA) is 53.5 Å². The number of halogens is 1. The van der Waals surface area contributed by atoms with Crippen molar-refractivity contribution in [2.24, 2.45) is 0 Å². The Hall–Kier alpha value is -1.99. The van der Waals surface area contributed by atoms with Gasteiger partial charge in [0.15, 0.2) is 0 Å². The molecule has 0 amide bonds. The van der Waals surface area contributed by atoms with Gasteiger partial charge in [-0.05, 0) is 49.1 Å². The number of piperidine rings is 1. The number of anilines is 1. The SMILES string of the molecule is Cc1ccc(CN(C)c2ccc(S(=O)(=O)N3CCCCC3)cn2)cc1F. The van der Waals surface area contributed by atoms with E-state index in [1.54, 1.807) is 25.1 Å². The number of sulfonamides is 1. The molecule has 5 nitrogen and oxygen atoms in total. The maximum absolute atomic E-state index is 13.7. The number of nitrogens with zero attached hydrogens (tertiary/aromatic N) is 3. The number of hydrogen-bond donors (Lipinski definition) is 0. The molecule has 7 heteroatoms. The molecule has 0 spiro atoms. The van der Waals surface area contributed by atoms with Crippen LogP contribution in [0.15, 0.2) is 41.4 Å². The van der Waals surface area contributed by atoms with Crippen molar-refractivity contribution >= 4 is 15.8 Å². The minimum Gasteiger partial charge on any atom is -0.355 e. The van der Waals surface area contributed by atoms with Crippen LogP contribution in [0.5, 0.6) is 0 Å². The zero-order chi connectivity index (χ0) is 18.7. The molecule has 140 valence electrons. The molecule has 1 aliphatic heterocycles. The second-order valence-corrected chi connectivity index (χ2v) is 8.69. The first kappa shape index (κ1) is 18.8. The Balaban J connectivity index is 1.73. The lowest BCUT2D eigenvalue weighted by Gasteiger charge is -2.26. The Labute approximate surface area is 154 Å². The molecule has 0 unspecified atom stereocenters. The lowest BCUT2D eigenvalue weighted by molar-refractivity contribution is 0.346. The molecular formula is C19H24FN3O2S. The van der Waals surface area contributed by atoms with Crippen LogP contribution < -0.4 is 4.90 Å². The Morgan fingerprint density at radius 2 is 1.88 bits per heavy atom. The van der Waals surface area contributed by atoms with Crippen molar-refractivity contribution in [3.63, 3.8) is 0 Å². The lowest BCUT2D eigenvalue weighted by Crippen LogP contribution is -2.35. The number of rotatable bonds is 5. The number of hydrogen-bond acceptors (Lipinski definition) is 4. The van der Waals surface area contributed by atoms with E-state index in [1.165, 1.54) is 16.6 Å².